The summed E-state index contributed by atoms with van der Waals surface area (Å²) in [6, 6.07) is 0. The van der Waals surface area contributed by atoms with E-state index >= 15 is 0 Å². The van der Waals surface area contributed by atoms with Crippen molar-refractivity contribution in [2.24, 2.45) is 0 Å². The third kappa shape index (κ3) is 1.09. The van der Waals surface area contributed by atoms with E-state index in [9.17, 15) is 0 Å². The van der Waals surface area contributed by atoms with Crippen LogP contribution in [-0.4, -0.2) is 28.7 Å². The molecule has 0 saturated carbocycles. The maximum Gasteiger partial charge on any atom is 0.0596 e. The predicted octanol–water partition coefficient (Wildman–Crippen LogP) is 3.36. The van der Waals surface area contributed by atoms with E-state index in [-0.39, 0.29) is 7.92 Å². The Balaban J connectivity index is 2.01. The van der Waals surface area contributed by atoms with Crippen LogP contribution in [0.2, 0.25) is 0 Å². The summed E-state index contributed by atoms with van der Waals surface area (Å²) >= 11 is 0. The first-order chi connectivity index (χ1) is 6.56. The minimum absolute atomic E-state index is 0.252. The average Bonchev–Trinajstić information content (AvgIpc) is 1.97. The van der Waals surface area contributed by atoms with Crippen LogP contribution in [0.25, 0.3) is 0 Å². The van der Waals surface area contributed by atoms with Crippen molar-refractivity contribution in [1.29, 1.82) is 0 Å². The fourth-order valence-electron chi connectivity index (χ4n) is 4.59. The summed E-state index contributed by atoms with van der Waals surface area (Å²) in [5, 5.41) is 1.34. The molecule has 4 bridgehead atoms. The van der Waals surface area contributed by atoms with Crippen LogP contribution in [0, 0.1) is 0 Å². The van der Waals surface area contributed by atoms with Gasteiger partial charge in [0.25, 0.3) is 0 Å². The van der Waals surface area contributed by atoms with Gasteiger partial charge in [0.05, 0.1) is 12.2 Å². The van der Waals surface area contributed by atoms with E-state index in [4.69, 9.17) is 4.74 Å². The van der Waals surface area contributed by atoms with Crippen LogP contribution >= 0.6 is 7.92 Å². The highest BCUT2D eigenvalue weighted by Crippen LogP contribution is 2.74. The van der Waals surface area contributed by atoms with Crippen molar-refractivity contribution < 1.29 is 4.74 Å². The van der Waals surface area contributed by atoms with Crippen LogP contribution < -0.4 is 0 Å². The first kappa shape index (κ1) is 9.60. The summed E-state index contributed by atoms with van der Waals surface area (Å²) in [4.78, 5) is 0. The van der Waals surface area contributed by atoms with Gasteiger partial charge in [-0.3, -0.25) is 0 Å². The maximum absolute atomic E-state index is 6.06. The van der Waals surface area contributed by atoms with Crippen LogP contribution in [0.1, 0.15) is 46.5 Å². The Morgan fingerprint density at radius 3 is 1.86 bits per heavy atom. The summed E-state index contributed by atoms with van der Waals surface area (Å²) in [5.74, 6) is 0. The normalized spacial score (nSPS) is 60.6. The lowest BCUT2D eigenvalue weighted by Gasteiger charge is -2.65. The van der Waals surface area contributed by atoms with E-state index in [0.29, 0.717) is 22.5 Å². The largest absolute Gasteiger partial charge is 0.375 e. The Morgan fingerprint density at radius 2 is 1.50 bits per heavy atom. The summed E-state index contributed by atoms with van der Waals surface area (Å²) in [5.41, 5.74) is 0. The van der Waals surface area contributed by atoms with Gasteiger partial charge in [-0.15, -0.1) is 0 Å². The van der Waals surface area contributed by atoms with Gasteiger partial charge in [0.1, 0.15) is 0 Å². The van der Waals surface area contributed by atoms with Gasteiger partial charge in [-0.2, -0.15) is 0 Å². The molecule has 0 unspecified atom stereocenters. The van der Waals surface area contributed by atoms with Gasteiger partial charge in [-0.1, -0.05) is 28.7 Å². The highest BCUT2D eigenvalue weighted by Gasteiger charge is 2.59. The zero-order chi connectivity index (χ0) is 9.97. The molecule has 14 heavy (non-hydrogen) atoms. The highest BCUT2D eigenvalue weighted by molar-refractivity contribution is 7.61. The topological polar surface area (TPSA) is 9.23 Å². The van der Waals surface area contributed by atoms with Gasteiger partial charge >= 0.3 is 0 Å². The second kappa shape index (κ2) is 2.74. The molecule has 0 radical (unpaired) electrons. The minimum Gasteiger partial charge on any atom is -0.375 e. The lowest BCUT2D eigenvalue weighted by Crippen LogP contribution is -2.59. The van der Waals surface area contributed by atoms with Gasteiger partial charge in [0.2, 0.25) is 0 Å². The minimum atomic E-state index is 0.252. The predicted molar refractivity (Wildman–Crippen MR) is 61.4 cm³/mol. The van der Waals surface area contributed by atoms with Crippen molar-refractivity contribution in [1.82, 2.24) is 0 Å². The molecular formula is C12H21OP. The van der Waals surface area contributed by atoms with E-state index < -0.39 is 0 Å². The number of rotatable bonds is 1. The molecule has 0 aliphatic carbocycles. The van der Waals surface area contributed by atoms with Crippen LogP contribution in [0.3, 0.4) is 0 Å². The zero-order valence-electron chi connectivity index (χ0n) is 9.55. The van der Waals surface area contributed by atoms with Crippen molar-refractivity contribution >= 4 is 7.92 Å². The van der Waals surface area contributed by atoms with Crippen molar-refractivity contribution in [3.05, 3.63) is 0 Å². The fraction of sp³-hybridized carbons (Fsp3) is 1.00. The Kier molecular flexibility index (Phi) is 1.88. The molecule has 0 amide bonds. The molecule has 2 heteroatoms. The van der Waals surface area contributed by atoms with Gasteiger partial charge < -0.3 is 4.74 Å². The van der Waals surface area contributed by atoms with Crippen LogP contribution in [0.5, 0.6) is 0 Å². The van der Waals surface area contributed by atoms with Crippen molar-refractivity contribution in [2.45, 2.75) is 69.0 Å². The Bertz CT molecular complexity index is 227. The molecule has 4 aliphatic rings. The summed E-state index contributed by atoms with van der Waals surface area (Å²) in [6.07, 6.45) is 8.10. The van der Waals surface area contributed by atoms with Gasteiger partial charge in [0, 0.05) is 0 Å². The summed E-state index contributed by atoms with van der Waals surface area (Å²) in [7, 11) is 0.252. The Labute approximate surface area is 88.3 Å². The van der Waals surface area contributed by atoms with E-state index in [1.165, 1.54) is 31.8 Å². The van der Waals surface area contributed by atoms with E-state index in [1.54, 1.807) is 0 Å². The summed E-state index contributed by atoms with van der Waals surface area (Å²) < 4.78 is 6.06. The molecule has 4 heterocycles. The number of hydrogen-bond donors (Lipinski definition) is 0. The standard InChI is InChI=1S/C12H21OP/c1-4-14-11(2)5-9-7-12(14,3)8-10(6-11)13-9/h9-10H,4-8H2,1-3H3. The molecule has 0 aromatic carbocycles. The first-order valence-corrected chi connectivity index (χ1v) is 7.52. The lowest BCUT2D eigenvalue weighted by atomic mass is 9.78. The number of ether oxygens (including phenoxy) is 1. The molecule has 0 N–H and O–H groups in total. The number of hydrogen-bond acceptors (Lipinski definition) is 1. The van der Waals surface area contributed by atoms with E-state index in [2.05, 4.69) is 20.8 Å². The molecule has 1 nitrogen and oxygen atoms in total. The first-order valence-electron chi connectivity index (χ1n) is 5.99. The molecule has 4 rings (SSSR count). The fourth-order valence-corrected chi connectivity index (χ4v) is 9.12. The molecule has 0 spiro atoms. The molecule has 80 valence electrons. The SMILES string of the molecule is CCP1C2(C)CC3CC1(C)CC(C2)O3. The van der Waals surface area contributed by atoms with Gasteiger partial charge in [-0.05, 0) is 42.2 Å². The second-order valence-electron chi connectivity index (χ2n) is 5.93. The molecule has 4 fully saturated rings. The lowest BCUT2D eigenvalue weighted by molar-refractivity contribution is -0.114. The van der Waals surface area contributed by atoms with Crippen LogP contribution in [-0.2, 0) is 4.74 Å². The molecule has 0 aromatic rings. The Hall–Kier alpha value is 0.390. The summed E-state index contributed by atoms with van der Waals surface area (Å²) in [6.45, 7) is 7.49. The Morgan fingerprint density at radius 1 is 1.07 bits per heavy atom. The van der Waals surface area contributed by atoms with Crippen LogP contribution in [0.15, 0.2) is 0 Å². The molecule has 4 aliphatic heterocycles. The van der Waals surface area contributed by atoms with Gasteiger partial charge in [-0.25, -0.2) is 0 Å². The average molecular weight is 212 g/mol. The van der Waals surface area contributed by atoms with Gasteiger partial charge in [0.15, 0.2) is 0 Å². The van der Waals surface area contributed by atoms with Crippen molar-refractivity contribution in [3.8, 4) is 0 Å². The molecule has 0 atom stereocenters. The molecule has 0 aromatic heterocycles. The molecular weight excluding hydrogens is 191 g/mol. The second-order valence-corrected chi connectivity index (χ2v) is 9.58. The maximum atomic E-state index is 6.06. The smallest absolute Gasteiger partial charge is 0.0596 e. The zero-order valence-corrected chi connectivity index (χ0v) is 10.4. The van der Waals surface area contributed by atoms with Crippen molar-refractivity contribution in [3.63, 3.8) is 0 Å². The molecule has 4 saturated heterocycles. The third-order valence-electron chi connectivity index (χ3n) is 4.67. The highest BCUT2D eigenvalue weighted by atomic mass is 31.1. The van der Waals surface area contributed by atoms with E-state index in [1.807, 2.05) is 0 Å². The quantitative estimate of drug-likeness (QED) is 0.605. The third-order valence-corrected chi connectivity index (χ3v) is 8.64. The van der Waals surface area contributed by atoms with Crippen molar-refractivity contribution in [2.75, 3.05) is 6.16 Å². The monoisotopic (exact) mass is 212 g/mol. The van der Waals surface area contributed by atoms with E-state index in [0.717, 1.165) is 0 Å². The van der Waals surface area contributed by atoms with Crippen LogP contribution in [0.4, 0.5) is 0 Å².